The van der Waals surface area contributed by atoms with Crippen molar-refractivity contribution in [3.63, 3.8) is 0 Å². The fourth-order valence-corrected chi connectivity index (χ4v) is 1.63. The van der Waals surface area contributed by atoms with Crippen LogP contribution in [0.1, 0.15) is 21.7 Å². The first kappa shape index (κ1) is 12.7. The maximum atomic E-state index is 11.9. The molecule has 18 heavy (non-hydrogen) atoms. The normalized spacial score (nSPS) is 10.2. The topological polar surface area (TPSA) is 54.9 Å². The van der Waals surface area contributed by atoms with Crippen molar-refractivity contribution in [3.05, 3.63) is 51.9 Å². The van der Waals surface area contributed by atoms with Gasteiger partial charge in [-0.15, -0.1) is 0 Å². The number of hydrogen-bond donors (Lipinski definition) is 1. The first-order chi connectivity index (χ1) is 8.56. The third-order valence-corrected chi connectivity index (χ3v) is 3.27. The van der Waals surface area contributed by atoms with E-state index in [1.807, 2.05) is 19.9 Å². The van der Waals surface area contributed by atoms with Gasteiger partial charge in [0.1, 0.15) is 5.82 Å². The lowest BCUT2D eigenvalue weighted by Gasteiger charge is -2.06. The minimum atomic E-state index is -0.211. The third kappa shape index (κ3) is 2.92. The van der Waals surface area contributed by atoms with Crippen LogP contribution in [0.4, 0.5) is 5.82 Å². The summed E-state index contributed by atoms with van der Waals surface area (Å²) in [7, 11) is 0. The fraction of sp³-hybridized carbons (Fsp3) is 0.154. The van der Waals surface area contributed by atoms with Crippen molar-refractivity contribution in [3.8, 4) is 0 Å². The van der Waals surface area contributed by atoms with Crippen LogP contribution in [0.25, 0.3) is 0 Å². The Hall–Kier alpha value is -1.75. The first-order valence-electron chi connectivity index (χ1n) is 5.43. The molecular formula is C13H12BrN3O. The van der Waals surface area contributed by atoms with Crippen LogP contribution in [0.2, 0.25) is 0 Å². The fourth-order valence-electron chi connectivity index (χ4n) is 1.40. The number of amides is 1. The minimum absolute atomic E-state index is 0.211. The molecule has 1 N–H and O–H groups in total. The molecule has 0 bridgehead atoms. The molecule has 2 aromatic rings. The van der Waals surface area contributed by atoms with Crippen molar-refractivity contribution < 1.29 is 4.79 Å². The number of pyridine rings is 2. The molecule has 0 aromatic carbocycles. The lowest BCUT2D eigenvalue weighted by Crippen LogP contribution is -2.13. The molecule has 2 rings (SSSR count). The second-order valence-electron chi connectivity index (χ2n) is 3.91. The highest BCUT2D eigenvalue weighted by atomic mass is 79.9. The number of halogens is 1. The van der Waals surface area contributed by atoms with Gasteiger partial charge in [0, 0.05) is 16.4 Å². The lowest BCUT2D eigenvalue weighted by molar-refractivity contribution is 0.102. The largest absolute Gasteiger partial charge is 0.307 e. The number of rotatable bonds is 2. The van der Waals surface area contributed by atoms with Gasteiger partial charge in [-0.3, -0.25) is 9.78 Å². The Morgan fingerprint density at radius 3 is 2.61 bits per heavy atom. The van der Waals surface area contributed by atoms with Gasteiger partial charge in [0.2, 0.25) is 0 Å². The molecule has 2 heterocycles. The zero-order valence-corrected chi connectivity index (χ0v) is 11.7. The number of aryl methyl sites for hydroxylation is 2. The van der Waals surface area contributed by atoms with Crippen LogP contribution < -0.4 is 5.32 Å². The first-order valence-corrected chi connectivity index (χ1v) is 6.23. The molecule has 0 aliphatic heterocycles. The molecule has 0 aliphatic carbocycles. The van der Waals surface area contributed by atoms with E-state index in [2.05, 4.69) is 31.2 Å². The van der Waals surface area contributed by atoms with Gasteiger partial charge >= 0.3 is 0 Å². The SMILES string of the molecule is Cc1ccc(C(=O)Nc2ccc(Br)c(C)n2)cn1. The number of carbonyl (C=O) groups excluding carboxylic acids is 1. The number of nitrogens with zero attached hydrogens (tertiary/aromatic N) is 2. The summed E-state index contributed by atoms with van der Waals surface area (Å²) in [6.45, 7) is 3.74. The van der Waals surface area contributed by atoms with E-state index < -0.39 is 0 Å². The molecule has 4 nitrogen and oxygen atoms in total. The lowest BCUT2D eigenvalue weighted by atomic mass is 10.2. The molecule has 0 saturated carbocycles. The highest BCUT2D eigenvalue weighted by molar-refractivity contribution is 9.10. The quantitative estimate of drug-likeness (QED) is 0.927. The van der Waals surface area contributed by atoms with Crippen molar-refractivity contribution in [1.29, 1.82) is 0 Å². The Bertz CT molecular complexity index is 581. The predicted octanol–water partition coefficient (Wildman–Crippen LogP) is 3.11. The van der Waals surface area contributed by atoms with Crippen molar-refractivity contribution in [2.24, 2.45) is 0 Å². The van der Waals surface area contributed by atoms with Crippen LogP contribution in [-0.4, -0.2) is 15.9 Å². The molecular weight excluding hydrogens is 294 g/mol. The average molecular weight is 306 g/mol. The van der Waals surface area contributed by atoms with Crippen molar-refractivity contribution in [1.82, 2.24) is 9.97 Å². The van der Waals surface area contributed by atoms with Crippen molar-refractivity contribution in [2.75, 3.05) is 5.32 Å². The number of nitrogens with one attached hydrogen (secondary N) is 1. The van der Waals surface area contributed by atoms with Crippen LogP contribution in [0.15, 0.2) is 34.9 Å². The van der Waals surface area contributed by atoms with Gasteiger partial charge in [0.05, 0.1) is 11.3 Å². The summed E-state index contributed by atoms with van der Waals surface area (Å²) >= 11 is 3.36. The predicted molar refractivity (Wildman–Crippen MR) is 73.6 cm³/mol. The number of aromatic nitrogens is 2. The van der Waals surface area contributed by atoms with Gasteiger partial charge in [-0.2, -0.15) is 0 Å². The molecule has 0 spiro atoms. The van der Waals surface area contributed by atoms with E-state index in [1.54, 1.807) is 24.4 Å². The van der Waals surface area contributed by atoms with Gasteiger partial charge in [0.25, 0.3) is 5.91 Å². The van der Waals surface area contributed by atoms with Crippen molar-refractivity contribution >= 4 is 27.7 Å². The zero-order valence-electron chi connectivity index (χ0n) is 10.1. The van der Waals surface area contributed by atoms with Crippen molar-refractivity contribution in [2.45, 2.75) is 13.8 Å². The van der Waals surface area contributed by atoms with Crippen LogP contribution in [-0.2, 0) is 0 Å². The summed E-state index contributed by atoms with van der Waals surface area (Å²) in [6, 6.07) is 7.14. The van der Waals surface area contributed by atoms with Crippen LogP contribution in [0.3, 0.4) is 0 Å². The monoisotopic (exact) mass is 305 g/mol. The summed E-state index contributed by atoms with van der Waals surface area (Å²) < 4.78 is 0.914. The number of hydrogen-bond acceptors (Lipinski definition) is 3. The molecule has 5 heteroatoms. The Morgan fingerprint density at radius 1 is 1.22 bits per heavy atom. The Kier molecular flexibility index (Phi) is 3.72. The van der Waals surface area contributed by atoms with Crippen LogP contribution >= 0.6 is 15.9 Å². The maximum absolute atomic E-state index is 11.9. The van der Waals surface area contributed by atoms with Crippen LogP contribution in [0.5, 0.6) is 0 Å². The summed E-state index contributed by atoms with van der Waals surface area (Å²) in [5, 5.41) is 2.73. The molecule has 0 fully saturated rings. The molecule has 0 radical (unpaired) electrons. The second-order valence-corrected chi connectivity index (χ2v) is 4.76. The van der Waals surface area contributed by atoms with E-state index in [4.69, 9.17) is 0 Å². The van der Waals surface area contributed by atoms with Gasteiger partial charge < -0.3 is 5.32 Å². The minimum Gasteiger partial charge on any atom is -0.307 e. The molecule has 0 saturated heterocycles. The van der Waals surface area contributed by atoms with Gasteiger partial charge in [-0.25, -0.2) is 4.98 Å². The van der Waals surface area contributed by atoms with E-state index in [1.165, 1.54) is 0 Å². The van der Waals surface area contributed by atoms with Crippen LogP contribution in [0, 0.1) is 13.8 Å². The summed E-state index contributed by atoms with van der Waals surface area (Å²) in [6.07, 6.45) is 1.55. The van der Waals surface area contributed by atoms with Gasteiger partial charge in [0.15, 0.2) is 0 Å². The molecule has 92 valence electrons. The van der Waals surface area contributed by atoms with E-state index in [-0.39, 0.29) is 5.91 Å². The van der Waals surface area contributed by atoms with E-state index in [0.717, 1.165) is 15.9 Å². The highest BCUT2D eigenvalue weighted by Gasteiger charge is 2.07. The Morgan fingerprint density at radius 2 is 2.00 bits per heavy atom. The highest BCUT2D eigenvalue weighted by Crippen LogP contribution is 2.16. The van der Waals surface area contributed by atoms with E-state index in [0.29, 0.717) is 11.4 Å². The number of anilines is 1. The average Bonchev–Trinajstić information content (AvgIpc) is 2.34. The van der Waals surface area contributed by atoms with Gasteiger partial charge in [-0.1, -0.05) is 0 Å². The maximum Gasteiger partial charge on any atom is 0.258 e. The van der Waals surface area contributed by atoms with E-state index in [9.17, 15) is 4.79 Å². The summed E-state index contributed by atoms with van der Waals surface area (Å²) in [5.41, 5.74) is 2.22. The smallest absolute Gasteiger partial charge is 0.258 e. The molecule has 0 unspecified atom stereocenters. The Labute approximate surface area is 114 Å². The standard InChI is InChI=1S/C13H12BrN3O/c1-8-3-4-10(7-15-8)13(18)17-12-6-5-11(14)9(2)16-12/h3-7H,1-2H3,(H,16,17,18). The summed E-state index contributed by atoms with van der Waals surface area (Å²) in [4.78, 5) is 20.3. The van der Waals surface area contributed by atoms with Gasteiger partial charge in [-0.05, 0) is 54.0 Å². The molecule has 0 aliphatic rings. The third-order valence-electron chi connectivity index (χ3n) is 2.44. The Balaban J connectivity index is 2.16. The zero-order chi connectivity index (χ0) is 13.1. The molecule has 0 atom stereocenters. The number of carbonyl (C=O) groups is 1. The van der Waals surface area contributed by atoms with E-state index >= 15 is 0 Å². The second kappa shape index (κ2) is 5.27. The molecule has 1 amide bonds. The summed E-state index contributed by atoms with van der Waals surface area (Å²) in [5.74, 6) is 0.318. The molecule has 2 aromatic heterocycles.